The number of imidazole rings is 2. The van der Waals surface area contributed by atoms with E-state index in [0.717, 1.165) is 52.8 Å². The topological polar surface area (TPSA) is 81.4 Å². The van der Waals surface area contributed by atoms with E-state index < -0.39 is 0 Å². The molecule has 0 radical (unpaired) electrons. The van der Waals surface area contributed by atoms with E-state index >= 15 is 0 Å². The van der Waals surface area contributed by atoms with Gasteiger partial charge in [-0.2, -0.15) is 0 Å². The number of H-pyrrole nitrogens is 2. The van der Waals surface area contributed by atoms with Gasteiger partial charge in [0.05, 0.1) is 23.1 Å². The summed E-state index contributed by atoms with van der Waals surface area (Å²) < 4.78 is 0. The molecule has 2 aromatic heterocycles. The molecule has 3 aromatic carbocycles. The molecule has 8 rings (SSSR count). The number of hydrogen-bond donors (Lipinski definition) is 4. The van der Waals surface area contributed by atoms with Crippen LogP contribution in [-0.2, 0) is 0 Å². The van der Waals surface area contributed by atoms with Gasteiger partial charge in [-0.15, -0.1) is 0 Å². The zero-order valence-electron chi connectivity index (χ0n) is 20.7. The van der Waals surface area contributed by atoms with Crippen LogP contribution in [-0.4, -0.2) is 32.5 Å². The van der Waals surface area contributed by atoms with Crippen LogP contribution in [0, 0.1) is 11.8 Å². The Morgan fingerprint density at radius 3 is 2.32 bits per heavy atom. The standard InChI is InChI=1S/C30H29ClN6/c1-15-8-25(32-14-15)29-36-27(28(31)37-29)20-5-4-16-9-17(2-3-18(16)10-20)19-6-7-22-24(11-19)35-30(34-22)26-13-21-12-23(21)33-26/h2-7,9-11,15,21,23,25-26,32-33H,8,12-14H2,1H3,(H,34,35)(H,36,37)/t15-,21-,23?,25+,26+/m1/s1. The lowest BCUT2D eigenvalue weighted by molar-refractivity contribution is 0.544. The maximum Gasteiger partial charge on any atom is 0.134 e. The molecule has 4 heterocycles. The van der Waals surface area contributed by atoms with Crippen LogP contribution >= 0.6 is 11.6 Å². The Kier molecular flexibility index (Phi) is 4.82. The summed E-state index contributed by atoms with van der Waals surface area (Å²) in [6.07, 6.45) is 3.61. The highest BCUT2D eigenvalue weighted by Crippen LogP contribution is 2.45. The van der Waals surface area contributed by atoms with Crippen LogP contribution in [0.15, 0.2) is 54.6 Å². The summed E-state index contributed by atoms with van der Waals surface area (Å²) in [5.41, 5.74) is 6.36. The normalized spacial score (nSPS) is 26.8. The highest BCUT2D eigenvalue weighted by Gasteiger charge is 2.46. The molecule has 3 aliphatic rings. The quantitative estimate of drug-likeness (QED) is 0.223. The minimum absolute atomic E-state index is 0.243. The van der Waals surface area contributed by atoms with Gasteiger partial charge in [-0.1, -0.05) is 48.9 Å². The van der Waals surface area contributed by atoms with E-state index in [9.17, 15) is 0 Å². The highest BCUT2D eigenvalue weighted by molar-refractivity contribution is 6.32. The first-order valence-corrected chi connectivity index (χ1v) is 13.7. The van der Waals surface area contributed by atoms with E-state index in [1.165, 1.54) is 34.7 Å². The van der Waals surface area contributed by atoms with Gasteiger partial charge in [0, 0.05) is 11.6 Å². The fourth-order valence-corrected chi connectivity index (χ4v) is 6.57. The fraction of sp³-hybridized carbons (Fsp3) is 0.333. The minimum Gasteiger partial charge on any atom is -0.341 e. The maximum absolute atomic E-state index is 6.59. The van der Waals surface area contributed by atoms with E-state index in [1.54, 1.807) is 0 Å². The second-order valence-corrected chi connectivity index (χ2v) is 11.7. The van der Waals surface area contributed by atoms with E-state index in [1.807, 2.05) is 0 Å². The Balaban J connectivity index is 1.08. The van der Waals surface area contributed by atoms with Gasteiger partial charge < -0.3 is 20.6 Å². The molecule has 4 N–H and O–H groups in total. The van der Waals surface area contributed by atoms with Gasteiger partial charge in [-0.3, -0.25) is 0 Å². The molecule has 3 fully saturated rings. The molecule has 1 unspecified atom stereocenters. The summed E-state index contributed by atoms with van der Waals surface area (Å²) in [5, 5.41) is 10.2. The van der Waals surface area contributed by atoms with Crippen molar-refractivity contribution < 1.29 is 0 Å². The van der Waals surface area contributed by atoms with Gasteiger partial charge in [0.2, 0.25) is 0 Å². The van der Waals surface area contributed by atoms with Crippen LogP contribution in [0.4, 0.5) is 0 Å². The second kappa shape index (κ2) is 8.15. The fourth-order valence-electron chi connectivity index (χ4n) is 6.32. The molecule has 7 heteroatoms. The number of piperidine rings is 1. The first kappa shape index (κ1) is 21.9. The van der Waals surface area contributed by atoms with Crippen molar-refractivity contribution in [3.63, 3.8) is 0 Å². The monoisotopic (exact) mass is 508 g/mol. The van der Waals surface area contributed by atoms with Gasteiger partial charge in [0.25, 0.3) is 0 Å². The van der Waals surface area contributed by atoms with Gasteiger partial charge in [0.15, 0.2) is 0 Å². The Hall–Kier alpha value is -3.19. The van der Waals surface area contributed by atoms with Crippen molar-refractivity contribution in [2.24, 2.45) is 11.8 Å². The second-order valence-electron chi connectivity index (χ2n) is 11.3. The number of nitrogens with zero attached hydrogens (tertiary/aromatic N) is 2. The molecule has 0 bridgehead atoms. The highest BCUT2D eigenvalue weighted by atomic mass is 35.5. The minimum atomic E-state index is 0.243. The maximum atomic E-state index is 6.59. The van der Waals surface area contributed by atoms with E-state index in [-0.39, 0.29) is 6.04 Å². The molecule has 1 aliphatic carbocycles. The van der Waals surface area contributed by atoms with E-state index in [4.69, 9.17) is 21.6 Å². The van der Waals surface area contributed by atoms with E-state index in [0.29, 0.717) is 23.2 Å². The number of halogens is 1. The summed E-state index contributed by atoms with van der Waals surface area (Å²) in [7, 11) is 0. The number of benzene rings is 3. The first-order valence-electron chi connectivity index (χ1n) is 13.4. The lowest BCUT2D eigenvalue weighted by Crippen LogP contribution is -2.18. The summed E-state index contributed by atoms with van der Waals surface area (Å²) in [6.45, 7) is 3.28. The number of aromatic amines is 2. The summed E-state index contributed by atoms with van der Waals surface area (Å²) in [6, 6.07) is 20.9. The third-order valence-corrected chi connectivity index (χ3v) is 8.79. The van der Waals surface area contributed by atoms with Crippen LogP contribution in [0.2, 0.25) is 5.15 Å². The zero-order chi connectivity index (χ0) is 24.7. The third-order valence-electron chi connectivity index (χ3n) is 8.51. The molecule has 37 heavy (non-hydrogen) atoms. The average Bonchev–Trinajstić information content (AvgIpc) is 3.38. The summed E-state index contributed by atoms with van der Waals surface area (Å²) in [4.78, 5) is 16.6. The van der Waals surface area contributed by atoms with Crippen LogP contribution in [0.5, 0.6) is 0 Å². The van der Waals surface area contributed by atoms with Crippen molar-refractivity contribution in [2.45, 2.75) is 44.3 Å². The zero-order valence-corrected chi connectivity index (χ0v) is 21.4. The van der Waals surface area contributed by atoms with Crippen LogP contribution in [0.3, 0.4) is 0 Å². The summed E-state index contributed by atoms with van der Waals surface area (Å²) in [5.74, 6) is 3.51. The Bertz CT molecular complexity index is 1660. The Labute approximate surface area is 220 Å². The van der Waals surface area contributed by atoms with Gasteiger partial charge in [0.1, 0.15) is 22.5 Å². The largest absolute Gasteiger partial charge is 0.341 e. The Morgan fingerprint density at radius 2 is 1.54 bits per heavy atom. The summed E-state index contributed by atoms with van der Waals surface area (Å²) >= 11 is 6.59. The SMILES string of the molecule is C[C@H]1CN[C@H](c2nc(-c3ccc4cc(-c5ccc6nc([C@@H]7C[C@H]8CC8N7)[nH]c6c5)ccc4c3)c(Cl)[nH]2)C1. The van der Waals surface area contributed by atoms with Crippen molar-refractivity contribution in [3.05, 3.63) is 71.4 Å². The van der Waals surface area contributed by atoms with Crippen molar-refractivity contribution in [2.75, 3.05) is 6.54 Å². The molecule has 6 nitrogen and oxygen atoms in total. The molecule has 2 saturated heterocycles. The number of hydrogen-bond acceptors (Lipinski definition) is 4. The third kappa shape index (κ3) is 3.78. The number of fused-ring (bicyclic) bond motifs is 3. The molecule has 5 atom stereocenters. The molecule has 186 valence electrons. The molecule has 2 aliphatic heterocycles. The number of aromatic nitrogens is 4. The molecular weight excluding hydrogens is 480 g/mol. The first-order chi connectivity index (χ1) is 18.1. The van der Waals surface area contributed by atoms with Crippen molar-refractivity contribution in [3.8, 4) is 22.4 Å². The van der Waals surface area contributed by atoms with Crippen LogP contribution in [0.25, 0.3) is 44.2 Å². The molecule has 1 saturated carbocycles. The van der Waals surface area contributed by atoms with Crippen molar-refractivity contribution in [1.82, 2.24) is 30.6 Å². The Morgan fingerprint density at radius 1 is 0.784 bits per heavy atom. The van der Waals surface area contributed by atoms with Crippen LogP contribution < -0.4 is 10.6 Å². The van der Waals surface area contributed by atoms with Gasteiger partial charge in [-0.05, 0) is 83.8 Å². The van der Waals surface area contributed by atoms with Crippen LogP contribution in [0.1, 0.15) is 49.9 Å². The number of nitrogens with one attached hydrogen (secondary N) is 4. The lowest BCUT2D eigenvalue weighted by Gasteiger charge is -2.08. The molecule has 0 amide bonds. The predicted octanol–water partition coefficient (Wildman–Crippen LogP) is 6.52. The molecular formula is C30H29ClN6. The predicted molar refractivity (Wildman–Crippen MR) is 149 cm³/mol. The van der Waals surface area contributed by atoms with E-state index in [2.05, 4.69) is 82.1 Å². The molecule has 0 spiro atoms. The van der Waals surface area contributed by atoms with Crippen molar-refractivity contribution >= 4 is 33.4 Å². The average molecular weight is 509 g/mol. The lowest BCUT2D eigenvalue weighted by atomic mass is 9.99. The smallest absolute Gasteiger partial charge is 0.134 e. The number of rotatable bonds is 4. The van der Waals surface area contributed by atoms with Gasteiger partial charge in [-0.25, -0.2) is 9.97 Å². The van der Waals surface area contributed by atoms with Gasteiger partial charge >= 0.3 is 0 Å². The van der Waals surface area contributed by atoms with Crippen molar-refractivity contribution in [1.29, 1.82) is 0 Å². The molecule has 5 aromatic rings.